The standard InChI is InChI=1S/C47H34N4/c1-2-11-33-23-25-35(26-24-33)37-15-7-17-39(29-37)41-19-9-21-43(31-41)46-49-45(50-47(51-46)44-22-10-27-48-32-44)42-20-8-18-40(30-42)38-16-6-14-36(28-38)34-12-4-3-5-13-34/h2-10,12-32H,1,11H2. The molecule has 0 aliphatic carbocycles. The van der Waals surface area contributed by atoms with Crippen LogP contribution in [0.25, 0.3) is 78.7 Å². The van der Waals surface area contributed by atoms with E-state index in [-0.39, 0.29) is 0 Å². The summed E-state index contributed by atoms with van der Waals surface area (Å²) in [6, 6.07) is 57.1. The summed E-state index contributed by atoms with van der Waals surface area (Å²) in [6.07, 6.45) is 6.34. The molecule has 0 atom stereocenters. The zero-order valence-corrected chi connectivity index (χ0v) is 28.0. The van der Waals surface area contributed by atoms with Crippen molar-refractivity contribution in [3.63, 3.8) is 0 Å². The van der Waals surface area contributed by atoms with Crippen molar-refractivity contribution in [3.8, 4) is 78.7 Å². The Hall–Kier alpha value is -6.78. The van der Waals surface area contributed by atoms with Gasteiger partial charge in [0.25, 0.3) is 0 Å². The van der Waals surface area contributed by atoms with Gasteiger partial charge in [0, 0.05) is 29.1 Å². The SMILES string of the molecule is C=CCc1ccc(-c2cccc(-c3cccc(-c4nc(-c5cccnc5)nc(-c5cccc(-c6cccc(-c7ccccc7)c6)c5)n4)c3)c2)cc1. The van der Waals surface area contributed by atoms with Crippen LogP contribution in [0.4, 0.5) is 0 Å². The van der Waals surface area contributed by atoms with Gasteiger partial charge in [-0.15, -0.1) is 6.58 Å². The molecule has 0 radical (unpaired) electrons. The molecular weight excluding hydrogens is 621 g/mol. The highest BCUT2D eigenvalue weighted by Gasteiger charge is 2.14. The Morgan fingerprint density at radius 3 is 1.24 bits per heavy atom. The van der Waals surface area contributed by atoms with Gasteiger partial charge in [-0.25, -0.2) is 15.0 Å². The van der Waals surface area contributed by atoms with Crippen LogP contribution in [-0.4, -0.2) is 19.9 Å². The van der Waals surface area contributed by atoms with Crippen molar-refractivity contribution in [1.82, 2.24) is 19.9 Å². The number of aromatic nitrogens is 4. The maximum absolute atomic E-state index is 5.07. The summed E-state index contributed by atoms with van der Waals surface area (Å²) in [5.74, 6) is 1.78. The molecule has 0 fully saturated rings. The van der Waals surface area contributed by atoms with Gasteiger partial charge in [-0.2, -0.15) is 0 Å². The molecule has 6 aromatic carbocycles. The van der Waals surface area contributed by atoms with Gasteiger partial charge in [0.15, 0.2) is 17.5 Å². The molecule has 0 saturated carbocycles. The molecule has 0 bridgehead atoms. The number of allylic oxidation sites excluding steroid dienone is 1. The van der Waals surface area contributed by atoms with E-state index in [0.717, 1.165) is 45.4 Å². The number of rotatable bonds is 9. The molecule has 2 aromatic heterocycles. The van der Waals surface area contributed by atoms with E-state index in [1.807, 2.05) is 24.3 Å². The van der Waals surface area contributed by atoms with Crippen LogP contribution in [0.5, 0.6) is 0 Å². The van der Waals surface area contributed by atoms with Gasteiger partial charge in [-0.3, -0.25) is 4.98 Å². The van der Waals surface area contributed by atoms with Crippen molar-refractivity contribution in [2.45, 2.75) is 6.42 Å². The van der Waals surface area contributed by atoms with E-state index in [0.29, 0.717) is 17.5 Å². The van der Waals surface area contributed by atoms with Gasteiger partial charge in [0.05, 0.1) is 0 Å². The van der Waals surface area contributed by atoms with Gasteiger partial charge in [0.2, 0.25) is 0 Å². The Balaban J connectivity index is 1.17. The normalized spacial score (nSPS) is 10.9. The highest BCUT2D eigenvalue weighted by atomic mass is 15.0. The lowest BCUT2D eigenvalue weighted by Crippen LogP contribution is -2.00. The van der Waals surface area contributed by atoms with E-state index < -0.39 is 0 Å². The van der Waals surface area contributed by atoms with Crippen molar-refractivity contribution in [1.29, 1.82) is 0 Å². The zero-order chi connectivity index (χ0) is 34.4. The van der Waals surface area contributed by atoms with E-state index >= 15 is 0 Å². The third kappa shape index (κ3) is 7.03. The summed E-state index contributed by atoms with van der Waals surface area (Å²) in [6.45, 7) is 3.86. The van der Waals surface area contributed by atoms with Crippen molar-refractivity contribution >= 4 is 0 Å². The van der Waals surface area contributed by atoms with E-state index in [1.54, 1.807) is 12.4 Å². The average molecular weight is 655 g/mol. The number of hydrogen-bond donors (Lipinski definition) is 0. The lowest BCUT2D eigenvalue weighted by Gasteiger charge is -2.11. The third-order valence-corrected chi connectivity index (χ3v) is 8.96. The fourth-order valence-electron chi connectivity index (χ4n) is 6.32. The maximum atomic E-state index is 5.07. The number of pyridine rings is 1. The van der Waals surface area contributed by atoms with Crippen molar-refractivity contribution in [2.75, 3.05) is 0 Å². The first-order chi connectivity index (χ1) is 25.2. The number of nitrogens with zero attached hydrogens (tertiary/aromatic N) is 4. The smallest absolute Gasteiger partial charge is 0.165 e. The molecule has 0 amide bonds. The van der Waals surface area contributed by atoms with Gasteiger partial charge < -0.3 is 0 Å². The highest BCUT2D eigenvalue weighted by molar-refractivity contribution is 5.78. The molecule has 4 nitrogen and oxygen atoms in total. The van der Waals surface area contributed by atoms with E-state index in [9.17, 15) is 0 Å². The summed E-state index contributed by atoms with van der Waals surface area (Å²) >= 11 is 0. The summed E-state index contributed by atoms with van der Waals surface area (Å²) in [4.78, 5) is 19.4. The molecule has 8 rings (SSSR count). The average Bonchev–Trinajstić information content (AvgIpc) is 3.22. The molecule has 0 spiro atoms. The lowest BCUT2D eigenvalue weighted by atomic mass is 9.97. The molecule has 0 N–H and O–H groups in total. The van der Waals surface area contributed by atoms with Gasteiger partial charge in [-0.05, 0) is 92.9 Å². The van der Waals surface area contributed by atoms with E-state index in [1.165, 1.54) is 27.8 Å². The zero-order valence-electron chi connectivity index (χ0n) is 28.0. The summed E-state index contributed by atoms with van der Waals surface area (Å²) in [5, 5.41) is 0. The summed E-state index contributed by atoms with van der Waals surface area (Å²) in [7, 11) is 0. The maximum Gasteiger partial charge on any atom is 0.165 e. The lowest BCUT2D eigenvalue weighted by molar-refractivity contribution is 1.07. The second-order valence-electron chi connectivity index (χ2n) is 12.4. The van der Waals surface area contributed by atoms with Crippen LogP contribution >= 0.6 is 0 Å². The molecule has 2 heterocycles. The molecule has 0 aliphatic heterocycles. The first kappa shape index (κ1) is 31.5. The second-order valence-corrected chi connectivity index (χ2v) is 12.4. The minimum Gasteiger partial charge on any atom is -0.264 e. The Morgan fingerprint density at radius 2 is 0.765 bits per heavy atom. The molecule has 0 unspecified atom stereocenters. The monoisotopic (exact) mass is 654 g/mol. The van der Waals surface area contributed by atoms with Gasteiger partial charge >= 0.3 is 0 Å². The molecule has 242 valence electrons. The summed E-state index contributed by atoms with van der Waals surface area (Å²) < 4.78 is 0. The molecule has 0 aliphatic rings. The molecule has 51 heavy (non-hydrogen) atoms. The van der Waals surface area contributed by atoms with Crippen molar-refractivity contribution < 1.29 is 0 Å². The topological polar surface area (TPSA) is 51.6 Å². The van der Waals surface area contributed by atoms with E-state index in [4.69, 9.17) is 15.0 Å². The Kier molecular flexibility index (Phi) is 8.87. The predicted octanol–water partition coefficient (Wildman–Crippen LogP) is 11.7. The van der Waals surface area contributed by atoms with Crippen LogP contribution in [0.2, 0.25) is 0 Å². The molecular formula is C47H34N4. The number of benzene rings is 6. The molecule has 8 aromatic rings. The fourth-order valence-corrected chi connectivity index (χ4v) is 6.32. The van der Waals surface area contributed by atoms with Crippen LogP contribution in [0, 0.1) is 0 Å². The molecule has 0 saturated heterocycles. The minimum absolute atomic E-state index is 0.576. The summed E-state index contributed by atoms with van der Waals surface area (Å²) in [5.41, 5.74) is 13.0. The Morgan fingerprint density at radius 1 is 0.373 bits per heavy atom. The third-order valence-electron chi connectivity index (χ3n) is 8.96. The van der Waals surface area contributed by atoms with Crippen LogP contribution in [-0.2, 0) is 6.42 Å². The number of hydrogen-bond acceptors (Lipinski definition) is 4. The minimum atomic E-state index is 0.576. The quantitative estimate of drug-likeness (QED) is 0.145. The fraction of sp³-hybridized carbons (Fsp3) is 0.0213. The van der Waals surface area contributed by atoms with Crippen LogP contribution < -0.4 is 0 Å². The highest BCUT2D eigenvalue weighted by Crippen LogP contribution is 2.32. The Labute approximate surface area is 298 Å². The first-order valence-electron chi connectivity index (χ1n) is 17.0. The second kappa shape index (κ2) is 14.4. The van der Waals surface area contributed by atoms with E-state index in [2.05, 4.69) is 157 Å². The Bertz CT molecular complexity index is 2450. The predicted molar refractivity (Wildman–Crippen MR) is 210 cm³/mol. The van der Waals surface area contributed by atoms with Crippen molar-refractivity contribution in [2.24, 2.45) is 0 Å². The van der Waals surface area contributed by atoms with Gasteiger partial charge in [0.1, 0.15) is 0 Å². The van der Waals surface area contributed by atoms with Crippen molar-refractivity contribution in [3.05, 3.63) is 194 Å². The largest absolute Gasteiger partial charge is 0.264 e. The van der Waals surface area contributed by atoms with Crippen LogP contribution in [0.15, 0.2) is 189 Å². The first-order valence-corrected chi connectivity index (χ1v) is 17.0. The van der Waals surface area contributed by atoms with Crippen LogP contribution in [0.1, 0.15) is 5.56 Å². The van der Waals surface area contributed by atoms with Crippen LogP contribution in [0.3, 0.4) is 0 Å². The molecule has 4 heteroatoms. The van der Waals surface area contributed by atoms with Gasteiger partial charge in [-0.1, -0.05) is 133 Å².